The van der Waals surface area contributed by atoms with E-state index in [1.54, 1.807) is 12.1 Å². The van der Waals surface area contributed by atoms with E-state index in [4.69, 9.17) is 9.26 Å². The highest BCUT2D eigenvalue weighted by Crippen LogP contribution is 2.22. The number of halogens is 1. The Labute approximate surface area is 162 Å². The van der Waals surface area contributed by atoms with Gasteiger partial charge in [-0.05, 0) is 49.4 Å². The molecule has 7 nitrogen and oxygen atoms in total. The number of esters is 1. The van der Waals surface area contributed by atoms with Crippen molar-refractivity contribution in [3.05, 3.63) is 36.0 Å². The Hall–Kier alpha value is -2.77. The molecular formula is C20H24FN3O4. The minimum Gasteiger partial charge on any atom is -0.469 e. The van der Waals surface area contributed by atoms with Crippen molar-refractivity contribution in [3.63, 3.8) is 0 Å². The van der Waals surface area contributed by atoms with Gasteiger partial charge in [-0.3, -0.25) is 9.59 Å². The molecule has 0 spiro atoms. The summed E-state index contributed by atoms with van der Waals surface area (Å²) >= 11 is 0. The number of amides is 1. The number of rotatable bonds is 7. The van der Waals surface area contributed by atoms with Crippen LogP contribution in [0, 0.1) is 11.7 Å². The number of hydrogen-bond donors (Lipinski definition) is 0. The number of ether oxygens (including phenoxy) is 1. The molecule has 0 atom stereocenters. The Balaban J connectivity index is 1.40. The lowest BCUT2D eigenvalue weighted by Crippen LogP contribution is -2.38. The summed E-state index contributed by atoms with van der Waals surface area (Å²) in [6.07, 6.45) is 3.61. The van der Waals surface area contributed by atoms with Gasteiger partial charge in [-0.15, -0.1) is 0 Å². The van der Waals surface area contributed by atoms with Gasteiger partial charge in [-0.2, -0.15) is 4.98 Å². The number of carbonyl (C=O) groups is 2. The van der Waals surface area contributed by atoms with Crippen LogP contribution in [0.4, 0.5) is 4.39 Å². The molecule has 0 aliphatic carbocycles. The quantitative estimate of drug-likeness (QED) is 0.677. The van der Waals surface area contributed by atoms with E-state index in [9.17, 15) is 14.0 Å². The van der Waals surface area contributed by atoms with Gasteiger partial charge in [0.25, 0.3) is 0 Å². The van der Waals surface area contributed by atoms with E-state index in [2.05, 4.69) is 10.1 Å². The fourth-order valence-electron chi connectivity index (χ4n) is 3.33. The van der Waals surface area contributed by atoms with Crippen LogP contribution in [0.5, 0.6) is 0 Å². The predicted molar refractivity (Wildman–Crippen MR) is 98.6 cm³/mol. The molecule has 2 heterocycles. The molecule has 0 N–H and O–H groups in total. The largest absolute Gasteiger partial charge is 0.469 e. The summed E-state index contributed by atoms with van der Waals surface area (Å²) in [7, 11) is 1.40. The molecule has 1 amide bonds. The fraction of sp³-hybridized carbons (Fsp3) is 0.500. The number of benzene rings is 1. The molecule has 1 aliphatic rings. The second-order valence-corrected chi connectivity index (χ2v) is 6.98. The molecule has 1 fully saturated rings. The van der Waals surface area contributed by atoms with Gasteiger partial charge >= 0.3 is 5.97 Å². The fourth-order valence-corrected chi connectivity index (χ4v) is 3.33. The zero-order chi connectivity index (χ0) is 19.9. The SMILES string of the molecule is COC(=O)CC1CCN(C(=O)CCCc2nc(-c3ccc(F)cc3)no2)CC1. The van der Waals surface area contributed by atoms with E-state index in [1.807, 2.05) is 4.90 Å². The number of nitrogens with zero attached hydrogens (tertiary/aromatic N) is 3. The Morgan fingerprint density at radius 3 is 2.64 bits per heavy atom. The van der Waals surface area contributed by atoms with Crippen molar-refractivity contribution in [1.82, 2.24) is 15.0 Å². The Kier molecular flexibility index (Phi) is 6.73. The van der Waals surface area contributed by atoms with E-state index < -0.39 is 0 Å². The van der Waals surface area contributed by atoms with Crippen LogP contribution in [0.25, 0.3) is 11.4 Å². The highest BCUT2D eigenvalue weighted by atomic mass is 19.1. The van der Waals surface area contributed by atoms with Crippen LogP contribution >= 0.6 is 0 Å². The second-order valence-electron chi connectivity index (χ2n) is 6.98. The van der Waals surface area contributed by atoms with Gasteiger partial charge < -0.3 is 14.2 Å². The third kappa shape index (κ3) is 5.37. The highest BCUT2D eigenvalue weighted by Gasteiger charge is 2.24. The Bertz CT molecular complexity index is 798. The van der Waals surface area contributed by atoms with Crippen molar-refractivity contribution in [2.45, 2.75) is 38.5 Å². The van der Waals surface area contributed by atoms with Crippen molar-refractivity contribution in [3.8, 4) is 11.4 Å². The van der Waals surface area contributed by atoms with Crippen LogP contribution < -0.4 is 0 Å². The minimum absolute atomic E-state index is 0.106. The van der Waals surface area contributed by atoms with Gasteiger partial charge in [0.2, 0.25) is 17.6 Å². The molecule has 0 radical (unpaired) electrons. The van der Waals surface area contributed by atoms with Crippen LogP contribution in [-0.2, 0) is 20.7 Å². The highest BCUT2D eigenvalue weighted by molar-refractivity contribution is 5.76. The monoisotopic (exact) mass is 389 g/mol. The first-order valence-electron chi connectivity index (χ1n) is 9.48. The molecule has 0 unspecified atom stereocenters. The van der Waals surface area contributed by atoms with Crippen LogP contribution in [0.1, 0.15) is 38.0 Å². The van der Waals surface area contributed by atoms with Gasteiger partial charge in [0, 0.05) is 37.9 Å². The lowest BCUT2D eigenvalue weighted by Gasteiger charge is -2.31. The smallest absolute Gasteiger partial charge is 0.305 e. The van der Waals surface area contributed by atoms with Gasteiger partial charge in [-0.25, -0.2) is 4.39 Å². The molecule has 1 aromatic heterocycles. The predicted octanol–water partition coefficient (Wildman–Crippen LogP) is 3.00. The summed E-state index contributed by atoms with van der Waals surface area (Å²) in [5, 5.41) is 3.90. The first kappa shape index (κ1) is 20.0. The normalized spacial score (nSPS) is 14.9. The third-order valence-corrected chi connectivity index (χ3v) is 5.00. The molecule has 3 rings (SSSR count). The van der Waals surface area contributed by atoms with Gasteiger partial charge in [0.05, 0.1) is 7.11 Å². The van der Waals surface area contributed by atoms with Crippen LogP contribution in [0.3, 0.4) is 0 Å². The Morgan fingerprint density at radius 2 is 1.96 bits per heavy atom. The molecule has 1 aliphatic heterocycles. The van der Waals surface area contributed by atoms with Crippen molar-refractivity contribution < 1.29 is 23.2 Å². The lowest BCUT2D eigenvalue weighted by atomic mass is 9.93. The van der Waals surface area contributed by atoms with Gasteiger partial charge in [0.15, 0.2) is 0 Å². The number of carbonyl (C=O) groups excluding carboxylic acids is 2. The molecule has 1 aromatic carbocycles. The molecule has 28 heavy (non-hydrogen) atoms. The summed E-state index contributed by atoms with van der Waals surface area (Å²) in [6.45, 7) is 1.35. The summed E-state index contributed by atoms with van der Waals surface area (Å²) in [4.78, 5) is 29.9. The molecule has 2 aromatic rings. The van der Waals surface area contributed by atoms with Gasteiger partial charge in [-0.1, -0.05) is 5.16 Å². The van der Waals surface area contributed by atoms with Gasteiger partial charge in [0.1, 0.15) is 5.82 Å². The summed E-state index contributed by atoms with van der Waals surface area (Å²) in [5.74, 6) is 0.761. The zero-order valence-electron chi connectivity index (χ0n) is 15.9. The molecule has 0 bridgehead atoms. The molecule has 8 heteroatoms. The summed E-state index contributed by atoms with van der Waals surface area (Å²) < 4.78 is 22.9. The maximum Gasteiger partial charge on any atom is 0.305 e. The Morgan fingerprint density at radius 1 is 1.25 bits per heavy atom. The van der Waals surface area contributed by atoms with Crippen LogP contribution in [0.2, 0.25) is 0 Å². The van der Waals surface area contributed by atoms with E-state index in [-0.39, 0.29) is 17.7 Å². The topological polar surface area (TPSA) is 85.5 Å². The standard InChI is InChI=1S/C20H24FN3O4/c1-27-19(26)13-14-9-11-24(12-10-14)18(25)4-2-3-17-22-20(23-28-17)15-5-7-16(21)8-6-15/h5-8,14H,2-4,9-13H2,1H3. The van der Waals surface area contributed by atoms with E-state index >= 15 is 0 Å². The molecule has 150 valence electrons. The maximum absolute atomic E-state index is 13.0. The maximum atomic E-state index is 13.0. The number of hydrogen-bond acceptors (Lipinski definition) is 6. The van der Waals surface area contributed by atoms with Crippen LogP contribution in [0.15, 0.2) is 28.8 Å². The first-order chi connectivity index (χ1) is 13.5. The lowest BCUT2D eigenvalue weighted by molar-refractivity contribution is -0.142. The van der Waals surface area contributed by atoms with Crippen molar-refractivity contribution >= 4 is 11.9 Å². The zero-order valence-corrected chi connectivity index (χ0v) is 15.9. The number of aromatic nitrogens is 2. The summed E-state index contributed by atoms with van der Waals surface area (Å²) in [5.41, 5.74) is 0.683. The van der Waals surface area contributed by atoms with E-state index in [0.717, 1.165) is 12.8 Å². The number of piperidine rings is 1. The van der Waals surface area contributed by atoms with E-state index in [1.165, 1.54) is 19.2 Å². The second kappa shape index (κ2) is 9.43. The molecular weight excluding hydrogens is 365 g/mol. The first-order valence-corrected chi connectivity index (χ1v) is 9.48. The number of aryl methyl sites for hydroxylation is 1. The number of methoxy groups -OCH3 is 1. The number of likely N-dealkylation sites (tertiary alicyclic amines) is 1. The van der Waals surface area contributed by atoms with Crippen molar-refractivity contribution in [1.29, 1.82) is 0 Å². The third-order valence-electron chi connectivity index (χ3n) is 5.00. The van der Waals surface area contributed by atoms with E-state index in [0.29, 0.717) is 62.0 Å². The van der Waals surface area contributed by atoms with Crippen LogP contribution in [-0.4, -0.2) is 47.1 Å². The van der Waals surface area contributed by atoms with Crippen molar-refractivity contribution in [2.75, 3.05) is 20.2 Å². The molecule has 0 saturated carbocycles. The minimum atomic E-state index is -0.319. The average molecular weight is 389 g/mol. The molecule has 1 saturated heterocycles. The average Bonchev–Trinajstić information content (AvgIpc) is 3.17. The van der Waals surface area contributed by atoms with Crippen molar-refractivity contribution in [2.24, 2.45) is 5.92 Å². The summed E-state index contributed by atoms with van der Waals surface area (Å²) in [6, 6.07) is 5.88.